The van der Waals surface area contributed by atoms with E-state index in [9.17, 15) is 5.11 Å². The maximum absolute atomic E-state index is 9.40. The van der Waals surface area contributed by atoms with Gasteiger partial charge in [0.1, 0.15) is 5.75 Å². The second kappa shape index (κ2) is 3.55. The van der Waals surface area contributed by atoms with E-state index in [1.165, 1.54) is 0 Å². The number of aromatic hydroxyl groups is 1. The number of thiazole rings is 1. The van der Waals surface area contributed by atoms with Gasteiger partial charge in [0.25, 0.3) is 0 Å². The quantitative estimate of drug-likeness (QED) is 0.791. The molecule has 74 valence electrons. The largest absolute Gasteiger partial charge is 0.508 e. The summed E-state index contributed by atoms with van der Waals surface area (Å²) in [6, 6.07) is 3.48. The third-order valence-electron chi connectivity index (χ3n) is 2.07. The smallest absolute Gasteiger partial charge is 0.117 e. The highest BCUT2D eigenvalue weighted by molar-refractivity contribution is 7.18. The number of benzene rings is 1. The molecule has 4 heteroatoms. The summed E-state index contributed by atoms with van der Waals surface area (Å²) in [5.41, 5.74) is 7.46. The third-order valence-corrected chi connectivity index (χ3v) is 3.13. The standard InChI is InChI=1S/C10H12N2OS/c1-6-4-7(13)5-8-10(6)12-9(14-8)2-3-11/h4-5,13H,2-3,11H2,1H3. The van der Waals surface area contributed by atoms with E-state index in [4.69, 9.17) is 5.73 Å². The molecule has 14 heavy (non-hydrogen) atoms. The van der Waals surface area contributed by atoms with Crippen molar-refractivity contribution in [2.75, 3.05) is 6.54 Å². The van der Waals surface area contributed by atoms with E-state index in [0.717, 1.165) is 27.2 Å². The number of nitrogens with two attached hydrogens (primary N) is 1. The molecule has 0 aliphatic rings. The van der Waals surface area contributed by atoms with Gasteiger partial charge in [0.05, 0.1) is 15.2 Å². The number of phenolic OH excluding ortho intramolecular Hbond substituents is 1. The highest BCUT2D eigenvalue weighted by Crippen LogP contribution is 2.28. The van der Waals surface area contributed by atoms with Crippen LogP contribution in [-0.4, -0.2) is 16.6 Å². The molecule has 0 aliphatic carbocycles. The Bertz CT molecular complexity index is 464. The summed E-state index contributed by atoms with van der Waals surface area (Å²) >= 11 is 1.60. The monoisotopic (exact) mass is 208 g/mol. The van der Waals surface area contributed by atoms with Gasteiger partial charge in [-0.05, 0) is 31.2 Å². The summed E-state index contributed by atoms with van der Waals surface area (Å²) in [6.45, 7) is 2.57. The summed E-state index contributed by atoms with van der Waals surface area (Å²) in [4.78, 5) is 4.47. The van der Waals surface area contributed by atoms with Crippen LogP contribution in [0.25, 0.3) is 10.2 Å². The van der Waals surface area contributed by atoms with Crippen molar-refractivity contribution in [1.82, 2.24) is 4.98 Å². The van der Waals surface area contributed by atoms with E-state index in [2.05, 4.69) is 4.98 Å². The maximum atomic E-state index is 9.40. The number of hydrogen-bond acceptors (Lipinski definition) is 4. The van der Waals surface area contributed by atoms with Crippen LogP contribution >= 0.6 is 11.3 Å². The Morgan fingerprint density at radius 3 is 3.00 bits per heavy atom. The number of fused-ring (bicyclic) bond motifs is 1. The van der Waals surface area contributed by atoms with Gasteiger partial charge in [-0.3, -0.25) is 0 Å². The topological polar surface area (TPSA) is 59.1 Å². The average Bonchev–Trinajstić information content (AvgIpc) is 2.48. The number of rotatable bonds is 2. The van der Waals surface area contributed by atoms with E-state index in [1.54, 1.807) is 23.5 Å². The van der Waals surface area contributed by atoms with Crippen molar-refractivity contribution in [2.24, 2.45) is 5.73 Å². The predicted molar refractivity (Wildman–Crippen MR) is 58.8 cm³/mol. The van der Waals surface area contributed by atoms with Crippen LogP contribution in [-0.2, 0) is 6.42 Å². The molecule has 2 rings (SSSR count). The molecular weight excluding hydrogens is 196 g/mol. The third kappa shape index (κ3) is 1.58. The molecule has 0 amide bonds. The Morgan fingerprint density at radius 2 is 2.29 bits per heavy atom. The van der Waals surface area contributed by atoms with Crippen molar-refractivity contribution in [3.63, 3.8) is 0 Å². The molecule has 2 aromatic rings. The van der Waals surface area contributed by atoms with Crippen molar-refractivity contribution in [3.8, 4) is 5.75 Å². The summed E-state index contributed by atoms with van der Waals surface area (Å²) in [6.07, 6.45) is 0.805. The lowest BCUT2D eigenvalue weighted by Gasteiger charge is -1.95. The number of aryl methyl sites for hydroxylation is 1. The minimum atomic E-state index is 0.304. The van der Waals surface area contributed by atoms with Crippen LogP contribution in [0.15, 0.2) is 12.1 Å². The van der Waals surface area contributed by atoms with Crippen LogP contribution in [0.5, 0.6) is 5.75 Å². The SMILES string of the molecule is Cc1cc(O)cc2sc(CCN)nc12. The van der Waals surface area contributed by atoms with E-state index in [-0.39, 0.29) is 0 Å². The second-order valence-corrected chi connectivity index (χ2v) is 4.37. The van der Waals surface area contributed by atoms with E-state index < -0.39 is 0 Å². The molecule has 0 atom stereocenters. The van der Waals surface area contributed by atoms with Gasteiger partial charge in [0.15, 0.2) is 0 Å². The molecule has 0 aliphatic heterocycles. The fourth-order valence-electron chi connectivity index (χ4n) is 1.45. The van der Waals surface area contributed by atoms with Gasteiger partial charge in [-0.2, -0.15) is 0 Å². The highest BCUT2D eigenvalue weighted by atomic mass is 32.1. The molecule has 1 heterocycles. The molecule has 1 aromatic heterocycles. The molecule has 0 radical (unpaired) electrons. The highest BCUT2D eigenvalue weighted by Gasteiger charge is 2.06. The summed E-state index contributed by atoms with van der Waals surface area (Å²) in [7, 11) is 0. The Morgan fingerprint density at radius 1 is 1.50 bits per heavy atom. The average molecular weight is 208 g/mol. The second-order valence-electron chi connectivity index (χ2n) is 3.26. The first-order valence-corrected chi connectivity index (χ1v) is 5.31. The molecule has 0 unspecified atom stereocenters. The van der Waals surface area contributed by atoms with Gasteiger partial charge < -0.3 is 10.8 Å². The number of hydrogen-bond donors (Lipinski definition) is 2. The van der Waals surface area contributed by atoms with Crippen LogP contribution in [0.3, 0.4) is 0 Å². The molecule has 0 saturated heterocycles. The molecule has 0 saturated carbocycles. The first kappa shape index (κ1) is 9.43. The number of nitrogens with zero attached hydrogens (tertiary/aromatic N) is 1. The van der Waals surface area contributed by atoms with Gasteiger partial charge in [0, 0.05) is 6.42 Å². The van der Waals surface area contributed by atoms with Crippen LogP contribution in [0.1, 0.15) is 10.6 Å². The first-order chi connectivity index (χ1) is 6.70. The van der Waals surface area contributed by atoms with Crippen molar-refractivity contribution >= 4 is 21.6 Å². The molecule has 0 spiro atoms. The normalized spacial score (nSPS) is 11.0. The minimum Gasteiger partial charge on any atom is -0.508 e. The van der Waals surface area contributed by atoms with Crippen molar-refractivity contribution < 1.29 is 5.11 Å². The van der Waals surface area contributed by atoms with E-state index in [0.29, 0.717) is 12.3 Å². The van der Waals surface area contributed by atoms with Crippen LogP contribution in [0, 0.1) is 6.92 Å². The van der Waals surface area contributed by atoms with E-state index in [1.807, 2.05) is 6.92 Å². The van der Waals surface area contributed by atoms with Crippen molar-refractivity contribution in [3.05, 3.63) is 22.7 Å². The Labute approximate surface area is 86.2 Å². The summed E-state index contributed by atoms with van der Waals surface area (Å²) < 4.78 is 1.03. The minimum absolute atomic E-state index is 0.304. The number of phenols is 1. The molecule has 0 fully saturated rings. The van der Waals surface area contributed by atoms with Crippen LogP contribution < -0.4 is 5.73 Å². The van der Waals surface area contributed by atoms with Gasteiger partial charge in [-0.25, -0.2) is 4.98 Å². The fourth-order valence-corrected chi connectivity index (χ4v) is 2.55. The lowest BCUT2D eigenvalue weighted by Crippen LogP contribution is -2.01. The van der Waals surface area contributed by atoms with Gasteiger partial charge in [0.2, 0.25) is 0 Å². The summed E-state index contributed by atoms with van der Waals surface area (Å²) in [5, 5.41) is 10.4. The number of aromatic nitrogens is 1. The molecule has 3 nitrogen and oxygen atoms in total. The molecule has 3 N–H and O–H groups in total. The zero-order valence-corrected chi connectivity index (χ0v) is 8.77. The Balaban J connectivity index is 2.58. The fraction of sp³-hybridized carbons (Fsp3) is 0.300. The van der Waals surface area contributed by atoms with Gasteiger partial charge in [-0.1, -0.05) is 0 Å². The Hall–Kier alpha value is -1.13. The van der Waals surface area contributed by atoms with Crippen LogP contribution in [0.2, 0.25) is 0 Å². The predicted octanol–water partition coefficient (Wildman–Crippen LogP) is 1.81. The molecule has 1 aromatic carbocycles. The van der Waals surface area contributed by atoms with Crippen molar-refractivity contribution in [1.29, 1.82) is 0 Å². The Kier molecular flexibility index (Phi) is 2.39. The van der Waals surface area contributed by atoms with Crippen molar-refractivity contribution in [2.45, 2.75) is 13.3 Å². The first-order valence-electron chi connectivity index (χ1n) is 4.50. The molecule has 0 bridgehead atoms. The lowest BCUT2D eigenvalue weighted by molar-refractivity contribution is 0.476. The molecular formula is C10H12N2OS. The van der Waals surface area contributed by atoms with E-state index >= 15 is 0 Å². The zero-order chi connectivity index (χ0) is 10.1. The summed E-state index contributed by atoms with van der Waals surface area (Å²) in [5.74, 6) is 0.304. The maximum Gasteiger partial charge on any atom is 0.117 e. The lowest BCUT2D eigenvalue weighted by atomic mass is 10.2. The van der Waals surface area contributed by atoms with Gasteiger partial charge >= 0.3 is 0 Å². The zero-order valence-electron chi connectivity index (χ0n) is 7.95. The van der Waals surface area contributed by atoms with Crippen LogP contribution in [0.4, 0.5) is 0 Å². The van der Waals surface area contributed by atoms with Gasteiger partial charge in [-0.15, -0.1) is 11.3 Å².